The van der Waals surface area contributed by atoms with Crippen LogP contribution in [0.25, 0.3) is 0 Å². The fourth-order valence-corrected chi connectivity index (χ4v) is 1.73. The van der Waals surface area contributed by atoms with E-state index in [9.17, 15) is 24.0 Å². The van der Waals surface area contributed by atoms with Crippen molar-refractivity contribution in [3.63, 3.8) is 0 Å². The van der Waals surface area contributed by atoms with Crippen LogP contribution < -0.4 is 21.3 Å². The molecule has 0 aliphatic carbocycles. The highest BCUT2D eigenvalue weighted by molar-refractivity contribution is 5.93. The Labute approximate surface area is 146 Å². The maximum Gasteiger partial charge on any atom is 0.303 e. The number of hydrogen-bond donors (Lipinski definition) is 5. The molecule has 0 aromatic heterocycles. The Bertz CT molecular complexity index is 522. The van der Waals surface area contributed by atoms with Gasteiger partial charge in [0.15, 0.2) is 0 Å². The number of rotatable bonds is 10. The van der Waals surface area contributed by atoms with E-state index in [-0.39, 0.29) is 18.7 Å². The van der Waals surface area contributed by atoms with Gasteiger partial charge in [-0.15, -0.1) is 0 Å². The van der Waals surface area contributed by atoms with Crippen molar-refractivity contribution in [3.05, 3.63) is 0 Å². The van der Waals surface area contributed by atoms with Crippen molar-refractivity contribution in [1.29, 1.82) is 0 Å². The molecule has 10 heteroatoms. The van der Waals surface area contributed by atoms with Crippen LogP contribution in [0.15, 0.2) is 0 Å². The van der Waals surface area contributed by atoms with Crippen LogP contribution in [0.2, 0.25) is 0 Å². The standard InChI is InChI=1S/C15H26N4O6/c1-5-16-13(23)8(2)18-15(25)10(4)19-14(24)9(3)17-11(20)6-7-12(21)22/h8-10H,5-7H2,1-4H3,(H,16,23)(H,17,20)(H,18,25)(H,19,24)(H,21,22)/t8-,9-,10-/m0/s1. The molecular formula is C15H26N4O6. The van der Waals surface area contributed by atoms with Gasteiger partial charge in [-0.1, -0.05) is 0 Å². The molecule has 142 valence electrons. The van der Waals surface area contributed by atoms with Crippen molar-refractivity contribution < 1.29 is 29.1 Å². The number of carbonyl (C=O) groups is 5. The lowest BCUT2D eigenvalue weighted by atomic mass is 10.2. The first-order valence-corrected chi connectivity index (χ1v) is 7.98. The normalized spacial score (nSPS) is 13.8. The molecule has 0 saturated heterocycles. The molecule has 0 rings (SSSR count). The van der Waals surface area contributed by atoms with Gasteiger partial charge in [0, 0.05) is 13.0 Å². The largest absolute Gasteiger partial charge is 0.481 e. The van der Waals surface area contributed by atoms with Gasteiger partial charge in [-0.05, 0) is 27.7 Å². The Morgan fingerprint density at radius 1 is 0.760 bits per heavy atom. The van der Waals surface area contributed by atoms with Gasteiger partial charge in [0.2, 0.25) is 23.6 Å². The molecule has 0 bridgehead atoms. The molecular weight excluding hydrogens is 332 g/mol. The van der Waals surface area contributed by atoms with Crippen molar-refractivity contribution >= 4 is 29.6 Å². The lowest BCUT2D eigenvalue weighted by molar-refractivity contribution is -0.139. The van der Waals surface area contributed by atoms with Crippen molar-refractivity contribution in [2.24, 2.45) is 0 Å². The molecule has 0 heterocycles. The van der Waals surface area contributed by atoms with Gasteiger partial charge in [0.05, 0.1) is 6.42 Å². The lowest BCUT2D eigenvalue weighted by Crippen LogP contribution is -2.54. The summed E-state index contributed by atoms with van der Waals surface area (Å²) in [6.07, 6.45) is -0.580. The molecule has 0 radical (unpaired) electrons. The molecule has 25 heavy (non-hydrogen) atoms. The Morgan fingerprint density at radius 2 is 1.20 bits per heavy atom. The summed E-state index contributed by atoms with van der Waals surface area (Å²) in [5.41, 5.74) is 0. The van der Waals surface area contributed by atoms with Gasteiger partial charge in [-0.2, -0.15) is 0 Å². The summed E-state index contributed by atoms with van der Waals surface area (Å²) in [5, 5.41) is 18.3. The first-order chi connectivity index (χ1) is 11.6. The van der Waals surface area contributed by atoms with Crippen LogP contribution in [0.3, 0.4) is 0 Å². The minimum absolute atomic E-state index is 0.243. The Kier molecular flexibility index (Phi) is 9.83. The molecule has 4 amide bonds. The van der Waals surface area contributed by atoms with Gasteiger partial charge in [0.25, 0.3) is 0 Å². The number of aliphatic carboxylic acids is 1. The number of amides is 4. The van der Waals surface area contributed by atoms with E-state index in [0.717, 1.165) is 0 Å². The molecule has 3 atom stereocenters. The molecule has 0 aliphatic heterocycles. The smallest absolute Gasteiger partial charge is 0.303 e. The fraction of sp³-hybridized carbons (Fsp3) is 0.667. The van der Waals surface area contributed by atoms with Crippen molar-refractivity contribution in [2.45, 2.75) is 58.7 Å². The molecule has 5 N–H and O–H groups in total. The first-order valence-electron chi connectivity index (χ1n) is 7.98. The van der Waals surface area contributed by atoms with E-state index >= 15 is 0 Å². The molecule has 0 spiro atoms. The molecule has 0 unspecified atom stereocenters. The van der Waals surface area contributed by atoms with Crippen LogP contribution in [-0.2, 0) is 24.0 Å². The summed E-state index contributed by atoms with van der Waals surface area (Å²) in [7, 11) is 0. The molecule has 0 aromatic rings. The van der Waals surface area contributed by atoms with Gasteiger partial charge < -0.3 is 26.4 Å². The van der Waals surface area contributed by atoms with Crippen molar-refractivity contribution in [2.75, 3.05) is 6.54 Å². The summed E-state index contributed by atoms with van der Waals surface area (Å²) in [6.45, 7) is 6.56. The van der Waals surface area contributed by atoms with Crippen LogP contribution >= 0.6 is 0 Å². The van der Waals surface area contributed by atoms with Crippen molar-refractivity contribution in [1.82, 2.24) is 21.3 Å². The van der Waals surface area contributed by atoms with E-state index in [1.165, 1.54) is 20.8 Å². The minimum Gasteiger partial charge on any atom is -0.481 e. The van der Waals surface area contributed by atoms with E-state index in [4.69, 9.17) is 5.11 Å². The number of hydrogen-bond acceptors (Lipinski definition) is 5. The zero-order valence-corrected chi connectivity index (χ0v) is 14.8. The first kappa shape index (κ1) is 22.4. The second kappa shape index (κ2) is 11.0. The van der Waals surface area contributed by atoms with Gasteiger partial charge in [-0.3, -0.25) is 24.0 Å². The van der Waals surface area contributed by atoms with Gasteiger partial charge >= 0.3 is 5.97 Å². The highest BCUT2D eigenvalue weighted by Gasteiger charge is 2.23. The fourth-order valence-electron chi connectivity index (χ4n) is 1.73. The summed E-state index contributed by atoms with van der Waals surface area (Å²) >= 11 is 0. The highest BCUT2D eigenvalue weighted by atomic mass is 16.4. The molecule has 0 saturated carbocycles. The quantitative estimate of drug-likeness (QED) is 0.320. The number of nitrogens with one attached hydrogen (secondary N) is 4. The predicted molar refractivity (Wildman–Crippen MR) is 88.4 cm³/mol. The Balaban J connectivity index is 4.38. The van der Waals surface area contributed by atoms with E-state index in [0.29, 0.717) is 6.54 Å². The Morgan fingerprint density at radius 3 is 1.64 bits per heavy atom. The van der Waals surface area contributed by atoms with Crippen LogP contribution in [-0.4, -0.2) is 59.4 Å². The third kappa shape index (κ3) is 9.28. The number of carboxylic acids is 1. The maximum absolute atomic E-state index is 12.0. The number of carbonyl (C=O) groups excluding carboxylic acids is 4. The van der Waals surface area contributed by atoms with Gasteiger partial charge in [-0.25, -0.2) is 0 Å². The predicted octanol–water partition coefficient (Wildman–Crippen LogP) is -1.50. The summed E-state index contributed by atoms with van der Waals surface area (Å²) in [6, 6.07) is -2.60. The molecule has 0 aromatic carbocycles. The summed E-state index contributed by atoms with van der Waals surface area (Å²) in [5.74, 6) is -3.17. The van der Waals surface area contributed by atoms with Crippen LogP contribution in [0.5, 0.6) is 0 Å². The van der Waals surface area contributed by atoms with Crippen molar-refractivity contribution in [3.8, 4) is 0 Å². The maximum atomic E-state index is 12.0. The summed E-state index contributed by atoms with van der Waals surface area (Å²) < 4.78 is 0. The zero-order valence-electron chi connectivity index (χ0n) is 14.8. The summed E-state index contributed by atoms with van der Waals surface area (Å²) in [4.78, 5) is 57.3. The number of likely N-dealkylation sites (N-methyl/N-ethyl adjacent to an activating group) is 1. The van der Waals surface area contributed by atoms with E-state index in [1.54, 1.807) is 6.92 Å². The SMILES string of the molecule is CCNC(=O)[C@H](C)NC(=O)[C@H](C)NC(=O)[C@H](C)NC(=O)CCC(=O)O. The monoisotopic (exact) mass is 358 g/mol. The van der Waals surface area contributed by atoms with Crippen LogP contribution in [0.4, 0.5) is 0 Å². The molecule has 10 nitrogen and oxygen atoms in total. The van der Waals surface area contributed by atoms with E-state index in [1.807, 2.05) is 0 Å². The second-order valence-electron chi connectivity index (χ2n) is 5.54. The minimum atomic E-state index is -1.11. The average Bonchev–Trinajstić information content (AvgIpc) is 2.52. The second-order valence-corrected chi connectivity index (χ2v) is 5.54. The average molecular weight is 358 g/mol. The zero-order chi connectivity index (χ0) is 19.6. The Hall–Kier alpha value is -2.65. The molecule has 0 fully saturated rings. The third-order valence-corrected chi connectivity index (χ3v) is 3.19. The van der Waals surface area contributed by atoms with Crippen LogP contribution in [0.1, 0.15) is 40.5 Å². The van der Waals surface area contributed by atoms with E-state index < -0.39 is 41.8 Å². The van der Waals surface area contributed by atoms with Gasteiger partial charge in [0.1, 0.15) is 18.1 Å². The van der Waals surface area contributed by atoms with E-state index in [2.05, 4.69) is 21.3 Å². The highest BCUT2D eigenvalue weighted by Crippen LogP contribution is 1.93. The third-order valence-electron chi connectivity index (χ3n) is 3.19. The topological polar surface area (TPSA) is 154 Å². The number of carboxylic acid groups (broad SMARTS) is 1. The lowest BCUT2D eigenvalue weighted by Gasteiger charge is -2.20. The molecule has 0 aliphatic rings. The van der Waals surface area contributed by atoms with Crippen LogP contribution in [0, 0.1) is 0 Å².